The lowest BCUT2D eigenvalue weighted by molar-refractivity contribution is -0.134. The van der Waals surface area contributed by atoms with Crippen LogP contribution in [-0.2, 0) is 4.79 Å². The van der Waals surface area contributed by atoms with E-state index >= 15 is 0 Å². The van der Waals surface area contributed by atoms with Crippen molar-refractivity contribution in [1.82, 2.24) is 0 Å². The van der Waals surface area contributed by atoms with Gasteiger partial charge in [0.15, 0.2) is 12.6 Å². The molecule has 0 amide bonds. The Morgan fingerprint density at radius 2 is 1.77 bits per heavy atom. The standard InChI is InChI=1S/C6H12O6S/c7-4(8)1-3(6(11)12)13-2-5(9)10/h3-4,6-8,11-12H,1-2H2,(H,9,10). The average Bonchev–Trinajstić information content (AvgIpc) is 1.96. The Balaban J connectivity index is 3.87. The Morgan fingerprint density at radius 3 is 2.08 bits per heavy atom. The number of aliphatic hydroxyl groups excluding tert-OH is 2. The maximum atomic E-state index is 10.1. The van der Waals surface area contributed by atoms with E-state index in [-0.39, 0.29) is 12.2 Å². The van der Waals surface area contributed by atoms with Crippen molar-refractivity contribution in [1.29, 1.82) is 0 Å². The first-order valence-electron chi connectivity index (χ1n) is 3.49. The van der Waals surface area contributed by atoms with Crippen LogP contribution in [0, 0.1) is 0 Å². The topological polar surface area (TPSA) is 118 Å². The zero-order valence-electron chi connectivity index (χ0n) is 6.70. The minimum atomic E-state index is -1.76. The van der Waals surface area contributed by atoms with E-state index in [1.54, 1.807) is 0 Å². The molecule has 0 fully saturated rings. The van der Waals surface area contributed by atoms with E-state index in [1.807, 2.05) is 0 Å². The first kappa shape index (κ1) is 12.7. The molecule has 13 heavy (non-hydrogen) atoms. The van der Waals surface area contributed by atoms with Crippen molar-refractivity contribution in [2.45, 2.75) is 24.3 Å². The zero-order valence-corrected chi connectivity index (χ0v) is 7.52. The highest BCUT2D eigenvalue weighted by molar-refractivity contribution is 8.00. The van der Waals surface area contributed by atoms with Crippen molar-refractivity contribution >= 4 is 17.7 Å². The number of thioether (sulfide) groups is 1. The maximum Gasteiger partial charge on any atom is 0.313 e. The highest BCUT2D eigenvalue weighted by atomic mass is 32.2. The molecule has 0 heterocycles. The summed E-state index contributed by atoms with van der Waals surface area (Å²) < 4.78 is 0. The van der Waals surface area contributed by atoms with Crippen LogP contribution in [0.4, 0.5) is 0 Å². The van der Waals surface area contributed by atoms with Gasteiger partial charge in [-0.25, -0.2) is 0 Å². The minimum Gasteiger partial charge on any atom is -0.481 e. The van der Waals surface area contributed by atoms with Gasteiger partial charge in [-0.1, -0.05) is 0 Å². The van der Waals surface area contributed by atoms with Crippen LogP contribution in [0.25, 0.3) is 0 Å². The number of hydrogen-bond acceptors (Lipinski definition) is 6. The summed E-state index contributed by atoms with van der Waals surface area (Å²) in [5, 5.41) is 41.8. The van der Waals surface area contributed by atoms with Crippen LogP contribution in [0.1, 0.15) is 6.42 Å². The van der Waals surface area contributed by atoms with Crippen LogP contribution in [0.2, 0.25) is 0 Å². The Morgan fingerprint density at radius 1 is 1.23 bits per heavy atom. The van der Waals surface area contributed by atoms with Gasteiger partial charge in [0.1, 0.15) is 0 Å². The molecule has 0 saturated heterocycles. The van der Waals surface area contributed by atoms with Crippen LogP contribution in [0.15, 0.2) is 0 Å². The van der Waals surface area contributed by atoms with Crippen molar-refractivity contribution in [2.24, 2.45) is 0 Å². The first-order valence-corrected chi connectivity index (χ1v) is 4.54. The number of carboxylic acid groups (broad SMARTS) is 1. The fourth-order valence-corrected chi connectivity index (χ4v) is 1.50. The van der Waals surface area contributed by atoms with E-state index in [4.69, 9.17) is 25.5 Å². The van der Waals surface area contributed by atoms with Crippen LogP contribution in [-0.4, -0.2) is 55.1 Å². The first-order chi connectivity index (χ1) is 5.93. The van der Waals surface area contributed by atoms with Crippen molar-refractivity contribution in [3.8, 4) is 0 Å². The summed E-state index contributed by atoms with van der Waals surface area (Å²) in [6, 6.07) is 0. The van der Waals surface area contributed by atoms with Gasteiger partial charge in [0.2, 0.25) is 0 Å². The Bertz CT molecular complexity index is 159. The second-order valence-corrected chi connectivity index (χ2v) is 3.60. The van der Waals surface area contributed by atoms with E-state index < -0.39 is 23.8 Å². The molecular weight excluding hydrogens is 200 g/mol. The third-order valence-corrected chi connectivity index (χ3v) is 2.47. The summed E-state index contributed by atoms with van der Waals surface area (Å²) in [5.41, 5.74) is 0. The number of carboxylic acids is 1. The summed E-state index contributed by atoms with van der Waals surface area (Å²) >= 11 is 0.747. The molecule has 0 spiro atoms. The maximum absolute atomic E-state index is 10.1. The summed E-state index contributed by atoms with van der Waals surface area (Å²) in [7, 11) is 0. The molecule has 0 aromatic rings. The second kappa shape index (κ2) is 6.17. The van der Waals surface area contributed by atoms with E-state index in [0.29, 0.717) is 0 Å². The monoisotopic (exact) mass is 212 g/mol. The van der Waals surface area contributed by atoms with Gasteiger partial charge in [0.25, 0.3) is 0 Å². The lowest BCUT2D eigenvalue weighted by atomic mass is 10.3. The van der Waals surface area contributed by atoms with Crippen molar-refractivity contribution < 1.29 is 30.3 Å². The molecule has 0 aliphatic heterocycles. The van der Waals surface area contributed by atoms with Gasteiger partial charge in [0, 0.05) is 6.42 Å². The predicted molar refractivity (Wildman–Crippen MR) is 45.0 cm³/mol. The van der Waals surface area contributed by atoms with Crippen molar-refractivity contribution in [2.75, 3.05) is 5.75 Å². The molecule has 1 atom stereocenters. The van der Waals surface area contributed by atoms with Gasteiger partial charge >= 0.3 is 5.97 Å². The fraction of sp³-hybridized carbons (Fsp3) is 0.833. The summed E-state index contributed by atoms with van der Waals surface area (Å²) in [6.45, 7) is 0. The van der Waals surface area contributed by atoms with E-state index in [2.05, 4.69) is 0 Å². The van der Waals surface area contributed by atoms with Crippen LogP contribution >= 0.6 is 11.8 Å². The quantitative estimate of drug-likeness (QED) is 0.329. The van der Waals surface area contributed by atoms with Gasteiger partial charge < -0.3 is 25.5 Å². The number of hydrogen-bond donors (Lipinski definition) is 5. The van der Waals surface area contributed by atoms with Gasteiger partial charge in [-0.05, 0) is 0 Å². The second-order valence-electron chi connectivity index (χ2n) is 2.37. The van der Waals surface area contributed by atoms with E-state index in [0.717, 1.165) is 11.8 Å². The fourth-order valence-electron chi connectivity index (χ4n) is 0.662. The molecule has 1 unspecified atom stereocenters. The molecule has 7 heteroatoms. The molecule has 78 valence electrons. The third kappa shape index (κ3) is 6.79. The molecule has 0 rings (SSSR count). The predicted octanol–water partition coefficient (Wildman–Crippen LogP) is -1.82. The Labute approximate surface area is 78.8 Å². The summed E-state index contributed by atoms with van der Waals surface area (Å²) in [5.74, 6) is -1.40. The third-order valence-electron chi connectivity index (χ3n) is 1.20. The minimum absolute atomic E-state index is 0.282. The largest absolute Gasteiger partial charge is 0.481 e. The number of aliphatic hydroxyl groups is 4. The van der Waals surface area contributed by atoms with Crippen molar-refractivity contribution in [3.63, 3.8) is 0 Å². The van der Waals surface area contributed by atoms with Crippen LogP contribution in [0.3, 0.4) is 0 Å². The number of aliphatic carboxylic acids is 1. The Hall–Kier alpha value is -0.340. The van der Waals surface area contributed by atoms with Crippen LogP contribution in [0.5, 0.6) is 0 Å². The lowest BCUT2D eigenvalue weighted by Crippen LogP contribution is -2.28. The molecule has 0 bridgehead atoms. The molecule has 0 aromatic heterocycles. The SMILES string of the molecule is O=C(O)CSC(CC(O)O)C(O)O. The van der Waals surface area contributed by atoms with Crippen LogP contribution < -0.4 is 0 Å². The molecule has 0 aliphatic rings. The molecule has 0 saturated carbocycles. The zero-order chi connectivity index (χ0) is 10.4. The molecule has 0 radical (unpaired) electrons. The molecular formula is C6H12O6S. The lowest BCUT2D eigenvalue weighted by Gasteiger charge is -2.18. The van der Waals surface area contributed by atoms with Gasteiger partial charge in [-0.15, -0.1) is 11.8 Å². The normalized spacial score (nSPS) is 13.7. The van der Waals surface area contributed by atoms with Gasteiger partial charge in [-0.3, -0.25) is 4.79 Å². The molecule has 0 aromatic carbocycles. The summed E-state index contributed by atoms with van der Waals surface area (Å²) in [6.07, 6.45) is -3.71. The highest BCUT2D eigenvalue weighted by Gasteiger charge is 2.21. The van der Waals surface area contributed by atoms with Gasteiger partial charge in [-0.2, -0.15) is 0 Å². The van der Waals surface area contributed by atoms with E-state index in [1.165, 1.54) is 0 Å². The van der Waals surface area contributed by atoms with E-state index in [9.17, 15) is 4.79 Å². The number of rotatable bonds is 6. The molecule has 0 aliphatic carbocycles. The molecule has 6 nitrogen and oxygen atoms in total. The molecule has 5 N–H and O–H groups in total. The van der Waals surface area contributed by atoms with Gasteiger partial charge in [0.05, 0.1) is 11.0 Å². The Kier molecular flexibility index (Phi) is 6.00. The van der Waals surface area contributed by atoms with Crippen molar-refractivity contribution in [3.05, 3.63) is 0 Å². The number of carbonyl (C=O) groups is 1. The smallest absolute Gasteiger partial charge is 0.313 e. The summed E-state index contributed by atoms with van der Waals surface area (Å²) in [4.78, 5) is 10.1. The average molecular weight is 212 g/mol. The highest BCUT2D eigenvalue weighted by Crippen LogP contribution is 2.18.